The summed E-state index contributed by atoms with van der Waals surface area (Å²) in [6.45, 7) is 5.71. The first kappa shape index (κ1) is 16.8. The lowest BCUT2D eigenvalue weighted by Gasteiger charge is -2.21. The number of benzene rings is 1. The number of rotatable bonds is 6. The predicted octanol–water partition coefficient (Wildman–Crippen LogP) is 3.48. The number of aromatic nitrogens is 3. The van der Waals surface area contributed by atoms with Gasteiger partial charge in [-0.2, -0.15) is 0 Å². The molecule has 2 heterocycles. The summed E-state index contributed by atoms with van der Waals surface area (Å²) in [5, 5.41) is 8.69. The lowest BCUT2D eigenvalue weighted by Crippen LogP contribution is -2.19. The molecule has 3 rings (SSSR count). The molecule has 0 bridgehead atoms. The summed E-state index contributed by atoms with van der Waals surface area (Å²) < 4.78 is 19.0. The molecule has 0 spiro atoms. The number of hydrogen-bond acceptors (Lipinski definition) is 5. The molecule has 1 aliphatic heterocycles. The molecule has 1 saturated heterocycles. The van der Waals surface area contributed by atoms with E-state index in [0.29, 0.717) is 11.8 Å². The molecule has 1 aromatic heterocycles. The highest BCUT2D eigenvalue weighted by Gasteiger charge is 2.20. The second-order valence-electron chi connectivity index (χ2n) is 6.10. The van der Waals surface area contributed by atoms with E-state index in [4.69, 9.17) is 14.2 Å². The van der Waals surface area contributed by atoms with Gasteiger partial charge in [0.1, 0.15) is 5.69 Å². The van der Waals surface area contributed by atoms with Crippen molar-refractivity contribution in [3.05, 3.63) is 24.4 Å². The zero-order valence-corrected chi connectivity index (χ0v) is 14.6. The van der Waals surface area contributed by atoms with Gasteiger partial charge in [-0.1, -0.05) is 18.2 Å². The van der Waals surface area contributed by atoms with Crippen molar-refractivity contribution in [1.82, 2.24) is 15.0 Å². The van der Waals surface area contributed by atoms with E-state index in [1.54, 1.807) is 7.11 Å². The first-order valence-electron chi connectivity index (χ1n) is 8.56. The van der Waals surface area contributed by atoms with Gasteiger partial charge in [-0.3, -0.25) is 0 Å². The number of para-hydroxylation sites is 1. The Balaban J connectivity index is 1.92. The Labute approximate surface area is 142 Å². The van der Waals surface area contributed by atoms with E-state index in [9.17, 15) is 0 Å². The fourth-order valence-electron chi connectivity index (χ4n) is 2.81. The van der Waals surface area contributed by atoms with Crippen molar-refractivity contribution in [3.63, 3.8) is 0 Å². The third-order valence-corrected chi connectivity index (χ3v) is 4.44. The molecule has 1 atom stereocenters. The van der Waals surface area contributed by atoms with Gasteiger partial charge in [0.05, 0.1) is 25.5 Å². The lowest BCUT2D eigenvalue weighted by molar-refractivity contribution is 0.0657. The third-order valence-electron chi connectivity index (χ3n) is 4.44. The maximum Gasteiger partial charge on any atom is 0.171 e. The predicted molar refractivity (Wildman–Crippen MR) is 91.5 cm³/mol. The topological polar surface area (TPSA) is 58.4 Å². The zero-order chi connectivity index (χ0) is 16.9. The molecule has 0 unspecified atom stereocenters. The van der Waals surface area contributed by atoms with Crippen molar-refractivity contribution in [3.8, 4) is 22.8 Å². The Morgan fingerprint density at radius 2 is 2.12 bits per heavy atom. The smallest absolute Gasteiger partial charge is 0.171 e. The van der Waals surface area contributed by atoms with E-state index in [0.717, 1.165) is 49.5 Å². The molecule has 0 saturated carbocycles. The van der Waals surface area contributed by atoms with Crippen molar-refractivity contribution in [2.24, 2.45) is 0 Å². The summed E-state index contributed by atoms with van der Waals surface area (Å²) in [4.78, 5) is 0. The Hall–Kier alpha value is -2.08. The van der Waals surface area contributed by atoms with E-state index in [1.165, 1.54) is 0 Å². The standard InChI is InChI=1S/C18H25N3O3/c1-4-13(2)24-18-15(6-5-7-17(18)22-3)16-12-21(20-19-16)14-8-10-23-11-9-14/h5-7,12-14H,4,8-11H2,1-3H3/t13-/m1/s1. The van der Waals surface area contributed by atoms with Crippen LogP contribution in [0, 0.1) is 0 Å². The van der Waals surface area contributed by atoms with Crippen LogP contribution in [-0.2, 0) is 4.74 Å². The molecule has 0 N–H and O–H groups in total. The van der Waals surface area contributed by atoms with Crippen LogP contribution in [0.5, 0.6) is 11.5 Å². The minimum absolute atomic E-state index is 0.102. The number of ether oxygens (including phenoxy) is 3. The molecule has 1 aliphatic rings. The lowest BCUT2D eigenvalue weighted by atomic mass is 10.1. The van der Waals surface area contributed by atoms with Gasteiger partial charge in [-0.25, -0.2) is 4.68 Å². The first-order chi connectivity index (χ1) is 11.7. The molecule has 1 fully saturated rings. The van der Waals surface area contributed by atoms with Crippen LogP contribution in [-0.4, -0.2) is 41.4 Å². The van der Waals surface area contributed by atoms with Gasteiger partial charge >= 0.3 is 0 Å². The first-order valence-corrected chi connectivity index (χ1v) is 8.56. The average molecular weight is 331 g/mol. The van der Waals surface area contributed by atoms with E-state index in [1.807, 2.05) is 29.1 Å². The monoisotopic (exact) mass is 331 g/mol. The van der Waals surface area contributed by atoms with Crippen LogP contribution in [0.25, 0.3) is 11.3 Å². The minimum atomic E-state index is 0.102. The van der Waals surface area contributed by atoms with Gasteiger partial charge in [0.15, 0.2) is 11.5 Å². The van der Waals surface area contributed by atoms with Gasteiger partial charge in [0, 0.05) is 18.8 Å². The van der Waals surface area contributed by atoms with Crippen LogP contribution in [0.2, 0.25) is 0 Å². The zero-order valence-electron chi connectivity index (χ0n) is 14.6. The van der Waals surface area contributed by atoms with E-state index in [-0.39, 0.29) is 6.10 Å². The SMILES string of the molecule is CC[C@@H](C)Oc1c(OC)cccc1-c1cn(C2CCOCC2)nn1. The Morgan fingerprint density at radius 1 is 1.33 bits per heavy atom. The summed E-state index contributed by atoms with van der Waals surface area (Å²) >= 11 is 0. The van der Waals surface area contributed by atoms with Crippen molar-refractivity contribution in [1.29, 1.82) is 0 Å². The average Bonchev–Trinajstić information content (AvgIpc) is 3.12. The highest BCUT2D eigenvalue weighted by molar-refractivity contribution is 5.70. The molecular weight excluding hydrogens is 306 g/mol. The minimum Gasteiger partial charge on any atom is -0.493 e. The molecule has 0 aliphatic carbocycles. The molecule has 1 aromatic carbocycles. The largest absolute Gasteiger partial charge is 0.493 e. The highest BCUT2D eigenvalue weighted by atomic mass is 16.5. The highest BCUT2D eigenvalue weighted by Crippen LogP contribution is 2.38. The van der Waals surface area contributed by atoms with Crippen LogP contribution in [0.15, 0.2) is 24.4 Å². The van der Waals surface area contributed by atoms with Crippen molar-refractivity contribution in [2.45, 2.75) is 45.3 Å². The second kappa shape index (κ2) is 7.66. The van der Waals surface area contributed by atoms with E-state index >= 15 is 0 Å². The van der Waals surface area contributed by atoms with Crippen molar-refractivity contribution < 1.29 is 14.2 Å². The van der Waals surface area contributed by atoms with E-state index < -0.39 is 0 Å². The van der Waals surface area contributed by atoms with Gasteiger partial charge in [-0.05, 0) is 38.3 Å². The maximum atomic E-state index is 6.10. The summed E-state index contributed by atoms with van der Waals surface area (Å²) in [7, 11) is 1.65. The third kappa shape index (κ3) is 3.53. The fraction of sp³-hybridized carbons (Fsp3) is 0.556. The molecule has 6 nitrogen and oxygen atoms in total. The Morgan fingerprint density at radius 3 is 2.83 bits per heavy atom. The van der Waals surface area contributed by atoms with Crippen molar-refractivity contribution in [2.75, 3.05) is 20.3 Å². The van der Waals surface area contributed by atoms with Crippen LogP contribution in [0.1, 0.15) is 39.2 Å². The summed E-state index contributed by atoms with van der Waals surface area (Å²) in [6, 6.07) is 6.21. The fourth-order valence-corrected chi connectivity index (χ4v) is 2.81. The van der Waals surface area contributed by atoms with Crippen LogP contribution in [0.4, 0.5) is 0 Å². The van der Waals surface area contributed by atoms with E-state index in [2.05, 4.69) is 24.2 Å². The quantitative estimate of drug-likeness (QED) is 0.811. The Kier molecular flexibility index (Phi) is 5.35. The van der Waals surface area contributed by atoms with Crippen molar-refractivity contribution >= 4 is 0 Å². The van der Waals surface area contributed by atoms with Crippen LogP contribution < -0.4 is 9.47 Å². The summed E-state index contributed by atoms with van der Waals surface area (Å²) in [5.74, 6) is 1.45. The molecular formula is C18H25N3O3. The number of methoxy groups -OCH3 is 1. The molecule has 0 amide bonds. The van der Waals surface area contributed by atoms with Gasteiger partial charge < -0.3 is 14.2 Å². The van der Waals surface area contributed by atoms with Gasteiger partial charge in [-0.15, -0.1) is 5.10 Å². The molecule has 0 radical (unpaired) electrons. The second-order valence-corrected chi connectivity index (χ2v) is 6.10. The van der Waals surface area contributed by atoms with Crippen LogP contribution >= 0.6 is 0 Å². The van der Waals surface area contributed by atoms with Gasteiger partial charge in [0.2, 0.25) is 0 Å². The number of hydrogen-bond donors (Lipinski definition) is 0. The summed E-state index contributed by atoms with van der Waals surface area (Å²) in [5.41, 5.74) is 1.71. The molecule has 2 aromatic rings. The molecule has 6 heteroatoms. The van der Waals surface area contributed by atoms with Gasteiger partial charge in [0.25, 0.3) is 0 Å². The number of nitrogens with zero attached hydrogens (tertiary/aromatic N) is 3. The molecule has 24 heavy (non-hydrogen) atoms. The Bertz CT molecular complexity index is 665. The van der Waals surface area contributed by atoms with Crippen LogP contribution in [0.3, 0.4) is 0 Å². The maximum absolute atomic E-state index is 6.10. The summed E-state index contributed by atoms with van der Waals surface area (Å²) in [6.07, 6.45) is 4.96. The normalized spacial score (nSPS) is 16.8. The molecule has 130 valence electrons.